The van der Waals surface area contributed by atoms with E-state index in [-0.39, 0.29) is 5.52 Å². The fourth-order valence-electron chi connectivity index (χ4n) is 3.50. The molecule has 0 atom stereocenters. The van der Waals surface area contributed by atoms with Crippen LogP contribution in [0.4, 0.5) is 13.2 Å². The summed E-state index contributed by atoms with van der Waals surface area (Å²) in [6, 6.07) is 1.17. The summed E-state index contributed by atoms with van der Waals surface area (Å²) in [5, 5.41) is 0. The molecule has 1 spiro atoms. The van der Waals surface area contributed by atoms with Gasteiger partial charge in [0, 0.05) is 25.5 Å². The Hall–Kier alpha value is -1.76. The predicted molar refractivity (Wildman–Crippen MR) is 74.6 cm³/mol. The van der Waals surface area contributed by atoms with Crippen molar-refractivity contribution in [1.82, 2.24) is 14.3 Å². The molecule has 22 heavy (non-hydrogen) atoms. The third-order valence-electron chi connectivity index (χ3n) is 4.90. The van der Waals surface area contributed by atoms with Gasteiger partial charge in [-0.3, -0.25) is 9.30 Å². The first-order valence-electron chi connectivity index (χ1n) is 7.39. The highest BCUT2D eigenvalue weighted by molar-refractivity contribution is 5.55. The molecule has 0 bridgehead atoms. The van der Waals surface area contributed by atoms with Crippen LogP contribution in [0.1, 0.15) is 30.4 Å². The van der Waals surface area contributed by atoms with Crippen molar-refractivity contribution in [3.05, 3.63) is 40.1 Å². The van der Waals surface area contributed by atoms with Gasteiger partial charge in [0.1, 0.15) is 0 Å². The standard InChI is InChI=1S/C15H16F3N3O/c16-15(17,18)11-5-10(8-21-12(11)6-19-13(21)22)7-20-4-3-14(9-20)1-2-14/h5-6,8H,1-4,7,9H2,(H,19,22). The summed E-state index contributed by atoms with van der Waals surface area (Å²) < 4.78 is 40.7. The summed E-state index contributed by atoms with van der Waals surface area (Å²) >= 11 is 0. The van der Waals surface area contributed by atoms with Gasteiger partial charge >= 0.3 is 11.9 Å². The summed E-state index contributed by atoms with van der Waals surface area (Å²) in [5.41, 5.74) is -0.464. The van der Waals surface area contributed by atoms with Crippen molar-refractivity contribution in [2.75, 3.05) is 13.1 Å². The quantitative estimate of drug-likeness (QED) is 0.926. The summed E-state index contributed by atoms with van der Waals surface area (Å²) in [5.74, 6) is 0. The zero-order valence-electron chi connectivity index (χ0n) is 11.9. The first-order chi connectivity index (χ1) is 10.4. The zero-order valence-corrected chi connectivity index (χ0v) is 11.9. The van der Waals surface area contributed by atoms with Crippen LogP contribution in [-0.2, 0) is 12.7 Å². The van der Waals surface area contributed by atoms with Crippen LogP contribution in [0, 0.1) is 5.41 Å². The average Bonchev–Trinajstić information content (AvgIpc) is 2.93. The van der Waals surface area contributed by atoms with Gasteiger partial charge in [-0.15, -0.1) is 0 Å². The lowest BCUT2D eigenvalue weighted by Gasteiger charge is -2.17. The molecular formula is C15H16F3N3O. The van der Waals surface area contributed by atoms with Crippen molar-refractivity contribution < 1.29 is 13.2 Å². The summed E-state index contributed by atoms with van der Waals surface area (Å²) in [6.07, 6.45) is 1.75. The number of pyridine rings is 1. The van der Waals surface area contributed by atoms with E-state index in [1.165, 1.54) is 25.1 Å². The van der Waals surface area contributed by atoms with E-state index in [0.717, 1.165) is 30.1 Å². The first kappa shape index (κ1) is 13.9. The Labute approximate surface area is 124 Å². The Kier molecular flexibility index (Phi) is 2.76. The fourth-order valence-corrected chi connectivity index (χ4v) is 3.50. The number of imidazole rings is 1. The fraction of sp³-hybridized carbons (Fsp3) is 0.533. The van der Waals surface area contributed by atoms with Crippen LogP contribution in [0.25, 0.3) is 5.52 Å². The Morgan fingerprint density at radius 1 is 1.27 bits per heavy atom. The topological polar surface area (TPSA) is 40.5 Å². The number of nitrogens with zero attached hydrogens (tertiary/aromatic N) is 2. The van der Waals surface area contributed by atoms with Gasteiger partial charge in [0.05, 0.1) is 11.1 Å². The number of alkyl halides is 3. The molecule has 0 radical (unpaired) electrons. The predicted octanol–water partition coefficient (Wildman–Crippen LogP) is 2.63. The number of aromatic amines is 1. The van der Waals surface area contributed by atoms with E-state index < -0.39 is 17.4 Å². The van der Waals surface area contributed by atoms with Gasteiger partial charge in [0.2, 0.25) is 0 Å². The lowest BCUT2D eigenvalue weighted by Crippen LogP contribution is -2.22. The van der Waals surface area contributed by atoms with Gasteiger partial charge < -0.3 is 4.98 Å². The van der Waals surface area contributed by atoms with Gasteiger partial charge in [0.15, 0.2) is 0 Å². The number of halogens is 3. The molecule has 118 valence electrons. The molecule has 4 nitrogen and oxygen atoms in total. The second-order valence-electron chi connectivity index (χ2n) is 6.57. The molecule has 2 aliphatic rings. The van der Waals surface area contributed by atoms with E-state index in [4.69, 9.17) is 0 Å². The number of nitrogens with one attached hydrogen (secondary N) is 1. The smallest absolute Gasteiger partial charge is 0.312 e. The van der Waals surface area contributed by atoms with Gasteiger partial charge in [-0.2, -0.15) is 13.2 Å². The van der Waals surface area contributed by atoms with E-state index >= 15 is 0 Å². The van der Waals surface area contributed by atoms with Crippen LogP contribution in [0.5, 0.6) is 0 Å². The van der Waals surface area contributed by atoms with E-state index in [9.17, 15) is 18.0 Å². The Morgan fingerprint density at radius 3 is 2.68 bits per heavy atom. The molecule has 3 heterocycles. The second kappa shape index (κ2) is 4.38. The minimum atomic E-state index is -4.47. The van der Waals surface area contributed by atoms with E-state index in [2.05, 4.69) is 9.88 Å². The molecule has 1 saturated heterocycles. The van der Waals surface area contributed by atoms with Crippen molar-refractivity contribution in [3.8, 4) is 0 Å². The summed E-state index contributed by atoms with van der Waals surface area (Å²) in [6.45, 7) is 2.33. The minimum Gasteiger partial charge on any atom is -0.312 e. The number of H-pyrrole nitrogens is 1. The largest absolute Gasteiger partial charge is 0.418 e. The molecule has 1 aliphatic carbocycles. The van der Waals surface area contributed by atoms with Gasteiger partial charge in [-0.25, -0.2) is 4.79 Å². The van der Waals surface area contributed by atoms with E-state index in [1.807, 2.05) is 0 Å². The molecule has 0 unspecified atom stereocenters. The third kappa shape index (κ3) is 2.24. The van der Waals surface area contributed by atoms with Crippen LogP contribution in [0.3, 0.4) is 0 Å². The summed E-state index contributed by atoms with van der Waals surface area (Å²) in [4.78, 5) is 16.2. The zero-order chi connectivity index (χ0) is 15.5. The number of likely N-dealkylation sites (tertiary alicyclic amines) is 1. The molecule has 1 saturated carbocycles. The van der Waals surface area contributed by atoms with Crippen molar-refractivity contribution in [2.45, 2.75) is 32.0 Å². The van der Waals surface area contributed by atoms with Gasteiger partial charge in [-0.05, 0) is 42.9 Å². The minimum absolute atomic E-state index is 0.124. The molecule has 1 N–H and O–H groups in total. The molecule has 2 aromatic rings. The molecule has 0 aromatic carbocycles. The number of aromatic nitrogens is 2. The normalized spacial score (nSPS) is 21.0. The van der Waals surface area contributed by atoms with E-state index in [0.29, 0.717) is 17.5 Å². The second-order valence-corrected chi connectivity index (χ2v) is 6.57. The molecule has 7 heteroatoms. The van der Waals surface area contributed by atoms with Crippen molar-refractivity contribution in [1.29, 1.82) is 0 Å². The summed E-state index contributed by atoms with van der Waals surface area (Å²) in [7, 11) is 0. The van der Waals surface area contributed by atoms with Gasteiger partial charge in [0.25, 0.3) is 0 Å². The lowest BCUT2D eigenvalue weighted by atomic mass is 10.1. The number of rotatable bonds is 2. The van der Waals surface area contributed by atoms with Crippen LogP contribution in [-0.4, -0.2) is 27.4 Å². The Morgan fingerprint density at radius 2 is 2.05 bits per heavy atom. The van der Waals surface area contributed by atoms with Crippen LogP contribution in [0.2, 0.25) is 0 Å². The van der Waals surface area contributed by atoms with E-state index in [1.54, 1.807) is 0 Å². The Balaban J connectivity index is 1.71. The highest BCUT2D eigenvalue weighted by Crippen LogP contribution is 2.52. The van der Waals surface area contributed by atoms with Crippen molar-refractivity contribution in [3.63, 3.8) is 0 Å². The van der Waals surface area contributed by atoms with Crippen molar-refractivity contribution in [2.24, 2.45) is 5.41 Å². The maximum absolute atomic E-state index is 13.2. The van der Waals surface area contributed by atoms with Crippen LogP contribution >= 0.6 is 0 Å². The molecular weight excluding hydrogens is 295 g/mol. The lowest BCUT2D eigenvalue weighted by molar-refractivity contribution is -0.136. The van der Waals surface area contributed by atoms with Crippen molar-refractivity contribution >= 4 is 5.52 Å². The number of hydrogen-bond acceptors (Lipinski definition) is 2. The molecule has 2 fully saturated rings. The molecule has 2 aromatic heterocycles. The highest BCUT2D eigenvalue weighted by Gasteiger charge is 2.47. The first-order valence-corrected chi connectivity index (χ1v) is 7.39. The maximum Gasteiger partial charge on any atom is 0.418 e. The third-order valence-corrected chi connectivity index (χ3v) is 4.90. The number of fused-ring (bicyclic) bond motifs is 1. The number of hydrogen-bond donors (Lipinski definition) is 1. The Bertz CT molecular complexity index is 785. The maximum atomic E-state index is 13.2. The molecule has 4 rings (SSSR count). The molecule has 1 aliphatic heterocycles. The van der Waals surface area contributed by atoms with Gasteiger partial charge in [-0.1, -0.05) is 0 Å². The monoisotopic (exact) mass is 311 g/mol. The van der Waals surface area contributed by atoms with Crippen LogP contribution < -0.4 is 5.69 Å². The average molecular weight is 311 g/mol. The SMILES string of the molecule is O=c1[nH]cc2c(C(F)(F)F)cc(CN3CCC4(CC4)C3)cn12. The highest BCUT2D eigenvalue weighted by atomic mass is 19.4. The van der Waals surface area contributed by atoms with Crippen LogP contribution in [0.15, 0.2) is 23.3 Å². The molecule has 0 amide bonds.